The average Bonchev–Trinajstić information content (AvgIpc) is 2.85. The molecule has 0 saturated carbocycles. The minimum atomic E-state index is 0.527. The minimum Gasteiger partial charge on any atom is -0.875 e. The first-order chi connectivity index (χ1) is 8.29. The van der Waals surface area contributed by atoms with Crippen LogP contribution in [-0.2, 0) is 7.05 Å². The summed E-state index contributed by atoms with van der Waals surface area (Å²) in [5.41, 5.74) is 2.52. The quantitative estimate of drug-likeness (QED) is 0.502. The van der Waals surface area contributed by atoms with E-state index in [1.807, 2.05) is 36.4 Å². The van der Waals surface area contributed by atoms with Crippen LogP contribution in [0.4, 0.5) is 0 Å². The molecule has 2 aromatic heterocycles. The maximum absolute atomic E-state index is 11.2. The zero-order chi connectivity index (χ0) is 11.8. The number of nitrogens with zero attached hydrogens (tertiary/aromatic N) is 4. The van der Waals surface area contributed by atoms with Crippen molar-refractivity contribution in [3.8, 4) is 11.1 Å². The highest BCUT2D eigenvalue weighted by Crippen LogP contribution is 2.16. The summed E-state index contributed by atoms with van der Waals surface area (Å²) in [4.78, 5) is 1.44. The third-order valence-electron chi connectivity index (χ3n) is 2.66. The highest BCUT2D eigenvalue weighted by molar-refractivity contribution is 5.69. The highest BCUT2D eigenvalue weighted by atomic mass is 16.2. The molecule has 0 saturated heterocycles. The lowest BCUT2D eigenvalue weighted by molar-refractivity contribution is -0.784. The fraction of sp³-hybridized carbons (Fsp3) is 0.0833. The molecule has 5 heteroatoms. The monoisotopic (exact) mass is 226 g/mol. The fourth-order valence-electron chi connectivity index (χ4n) is 1.93. The van der Waals surface area contributed by atoms with Crippen molar-refractivity contribution in [3.63, 3.8) is 0 Å². The van der Waals surface area contributed by atoms with Crippen molar-refractivity contribution in [3.05, 3.63) is 41.7 Å². The first-order valence-corrected chi connectivity index (χ1v) is 5.23. The van der Waals surface area contributed by atoms with Gasteiger partial charge in [-0.25, -0.2) is 0 Å². The highest BCUT2D eigenvalue weighted by Gasteiger charge is 2.15. The predicted octanol–water partition coefficient (Wildman–Crippen LogP) is -0.962. The van der Waals surface area contributed by atoms with E-state index in [1.165, 1.54) is 4.80 Å². The smallest absolute Gasteiger partial charge is 0.289 e. The van der Waals surface area contributed by atoms with Crippen molar-refractivity contribution in [2.24, 2.45) is 7.05 Å². The van der Waals surface area contributed by atoms with Crippen LogP contribution < -0.4 is 15.3 Å². The summed E-state index contributed by atoms with van der Waals surface area (Å²) in [6.45, 7) is 0. The summed E-state index contributed by atoms with van der Waals surface area (Å²) in [5.74, 6) is 0. The van der Waals surface area contributed by atoms with Crippen LogP contribution in [0.1, 0.15) is 0 Å². The van der Waals surface area contributed by atoms with Crippen LogP contribution in [-0.4, -0.2) is 14.8 Å². The van der Waals surface area contributed by atoms with Gasteiger partial charge in [0, 0.05) is 11.6 Å². The van der Waals surface area contributed by atoms with E-state index < -0.39 is 0 Å². The Morgan fingerprint density at radius 2 is 2.06 bits per heavy atom. The van der Waals surface area contributed by atoms with E-state index in [4.69, 9.17) is 0 Å². The van der Waals surface area contributed by atoms with E-state index in [0.717, 1.165) is 17.4 Å². The number of hydrogen-bond acceptors (Lipinski definition) is 3. The summed E-state index contributed by atoms with van der Waals surface area (Å²) in [7, 11) is 1.73. The molecule has 84 valence electrons. The van der Waals surface area contributed by atoms with E-state index in [9.17, 15) is 5.11 Å². The third kappa shape index (κ3) is 1.44. The molecule has 0 aliphatic heterocycles. The zero-order valence-corrected chi connectivity index (χ0v) is 9.24. The summed E-state index contributed by atoms with van der Waals surface area (Å²) in [6.07, 6.45) is 0.810. The van der Waals surface area contributed by atoms with Crippen LogP contribution in [0.25, 0.3) is 23.0 Å². The number of aromatic nitrogens is 4. The van der Waals surface area contributed by atoms with Gasteiger partial charge in [-0.3, -0.25) is 0 Å². The Bertz CT molecular complexity index is 718. The molecule has 2 heterocycles. The molecule has 0 N–H and O–H groups in total. The van der Waals surface area contributed by atoms with Crippen LogP contribution in [0, 0.1) is 0 Å². The molecule has 3 rings (SSSR count). The van der Waals surface area contributed by atoms with Gasteiger partial charge in [0.05, 0.1) is 0 Å². The molecule has 0 spiro atoms. The van der Waals surface area contributed by atoms with E-state index in [-0.39, 0.29) is 0 Å². The van der Waals surface area contributed by atoms with Gasteiger partial charge >= 0.3 is 0 Å². The number of fused-ring (bicyclic) bond motifs is 1. The molecule has 3 aromatic rings. The molecule has 0 atom stereocenters. The van der Waals surface area contributed by atoms with Crippen LogP contribution in [0.3, 0.4) is 0 Å². The molecule has 0 aliphatic carbocycles. The molecular weight excluding hydrogens is 216 g/mol. The van der Waals surface area contributed by atoms with Crippen molar-refractivity contribution in [1.29, 1.82) is 0 Å². The third-order valence-corrected chi connectivity index (χ3v) is 2.66. The Balaban J connectivity index is 2.35. The van der Waals surface area contributed by atoms with E-state index in [0.29, 0.717) is 11.0 Å². The van der Waals surface area contributed by atoms with Crippen LogP contribution in [0.5, 0.6) is 0 Å². The van der Waals surface area contributed by atoms with Gasteiger partial charge in [0.1, 0.15) is 12.3 Å². The Kier molecular flexibility index (Phi) is 2.04. The standard InChI is InChI=1S/C12H10N4O/c1-15-13-12-7-10(9-5-3-2-4-6-9)11(8-17)16(12)14-15/h2-8H,1H3. The largest absolute Gasteiger partial charge is 0.875 e. The summed E-state index contributed by atoms with van der Waals surface area (Å²) >= 11 is 0. The topological polar surface area (TPSA) is 57.1 Å². The lowest BCUT2D eigenvalue weighted by Crippen LogP contribution is -2.35. The Morgan fingerprint density at radius 1 is 1.29 bits per heavy atom. The number of tetrazole rings is 1. The molecule has 0 fully saturated rings. The lowest BCUT2D eigenvalue weighted by atomic mass is 10.1. The first-order valence-electron chi connectivity index (χ1n) is 5.23. The second kappa shape index (κ2) is 3.55. The Morgan fingerprint density at radius 3 is 2.76 bits per heavy atom. The van der Waals surface area contributed by atoms with Gasteiger partial charge < -0.3 is 5.11 Å². The van der Waals surface area contributed by atoms with Gasteiger partial charge in [0.25, 0.3) is 5.65 Å². The maximum atomic E-state index is 11.2. The van der Waals surface area contributed by atoms with Crippen LogP contribution in [0.15, 0.2) is 36.4 Å². The van der Waals surface area contributed by atoms with E-state index >= 15 is 0 Å². The lowest BCUT2D eigenvalue weighted by Gasteiger charge is -1.96. The SMILES string of the molecule is C[n+]1nc2cc(-c3ccccc3)/c(=C\[O-])n2n1. The van der Waals surface area contributed by atoms with Gasteiger partial charge in [-0.1, -0.05) is 41.1 Å². The number of hydrogen-bond donors (Lipinski definition) is 0. The van der Waals surface area contributed by atoms with Crippen molar-refractivity contribution in [1.82, 2.24) is 14.8 Å². The van der Waals surface area contributed by atoms with Crippen LogP contribution >= 0.6 is 0 Å². The van der Waals surface area contributed by atoms with E-state index in [2.05, 4.69) is 10.3 Å². The number of aryl methyl sites for hydroxylation is 1. The summed E-state index contributed by atoms with van der Waals surface area (Å²) < 4.78 is 1.55. The normalized spacial score (nSPS) is 12.4. The van der Waals surface area contributed by atoms with Gasteiger partial charge in [-0.2, -0.15) is 0 Å². The van der Waals surface area contributed by atoms with Gasteiger partial charge in [-0.05, 0) is 15.5 Å². The second-order valence-electron chi connectivity index (χ2n) is 3.78. The molecule has 0 aliphatic rings. The molecule has 5 nitrogen and oxygen atoms in total. The molecule has 1 aromatic carbocycles. The van der Waals surface area contributed by atoms with Crippen molar-refractivity contribution < 1.29 is 9.90 Å². The second-order valence-corrected chi connectivity index (χ2v) is 3.78. The molecule has 17 heavy (non-hydrogen) atoms. The molecular formula is C12H10N4O. The average molecular weight is 226 g/mol. The fourth-order valence-corrected chi connectivity index (χ4v) is 1.93. The minimum absolute atomic E-state index is 0.527. The van der Waals surface area contributed by atoms with E-state index in [1.54, 1.807) is 11.6 Å². The summed E-state index contributed by atoms with van der Waals surface area (Å²) in [6, 6.07) is 11.6. The van der Waals surface area contributed by atoms with Crippen molar-refractivity contribution >= 4 is 11.9 Å². The summed E-state index contributed by atoms with van der Waals surface area (Å²) in [5, 5.41) is 20.0. The van der Waals surface area contributed by atoms with Gasteiger partial charge in [-0.15, -0.1) is 0 Å². The number of rotatable bonds is 1. The van der Waals surface area contributed by atoms with Gasteiger partial charge in [0.2, 0.25) is 0 Å². The molecule has 0 radical (unpaired) electrons. The Labute approximate surface area is 97.2 Å². The maximum Gasteiger partial charge on any atom is 0.289 e. The molecule has 0 bridgehead atoms. The van der Waals surface area contributed by atoms with Crippen molar-refractivity contribution in [2.45, 2.75) is 0 Å². The molecule has 0 amide bonds. The zero-order valence-electron chi connectivity index (χ0n) is 9.24. The van der Waals surface area contributed by atoms with Crippen molar-refractivity contribution in [2.75, 3.05) is 0 Å². The van der Waals surface area contributed by atoms with Gasteiger partial charge in [0.15, 0.2) is 5.35 Å². The number of benzene rings is 1. The predicted molar refractivity (Wildman–Crippen MR) is 59.3 cm³/mol. The Hall–Kier alpha value is -2.43. The first kappa shape index (κ1) is 9.77. The molecule has 0 unspecified atom stereocenters. The van der Waals surface area contributed by atoms with Crippen LogP contribution in [0.2, 0.25) is 0 Å².